The molecule has 1 N–H and O–H groups in total. The lowest BCUT2D eigenvalue weighted by molar-refractivity contribution is -0.124. The van der Waals surface area contributed by atoms with Crippen molar-refractivity contribution in [3.05, 3.63) is 34.6 Å². The monoisotopic (exact) mass is 290 g/mol. The van der Waals surface area contributed by atoms with Crippen LogP contribution in [0.1, 0.15) is 38.6 Å². The Bertz CT molecular complexity index is 682. The highest BCUT2D eigenvalue weighted by atomic mass is 32.1. The van der Waals surface area contributed by atoms with Crippen LogP contribution < -0.4 is 10.9 Å². The second-order valence-corrected chi connectivity index (χ2v) is 6.40. The average molecular weight is 290 g/mol. The molecule has 2 aromatic rings. The summed E-state index contributed by atoms with van der Waals surface area (Å²) in [6.07, 6.45) is 4.48. The molecule has 4 nitrogen and oxygen atoms in total. The van der Waals surface area contributed by atoms with Crippen LogP contribution in [0.2, 0.25) is 0 Å². The Balaban J connectivity index is 1.84. The smallest absolute Gasteiger partial charge is 0.269 e. The van der Waals surface area contributed by atoms with E-state index < -0.39 is 6.04 Å². The Hall–Kier alpha value is -1.62. The lowest BCUT2D eigenvalue weighted by atomic mass is 10.2. The van der Waals surface area contributed by atoms with Crippen molar-refractivity contribution in [1.29, 1.82) is 0 Å². The molecule has 0 spiro atoms. The maximum Gasteiger partial charge on any atom is 0.269 e. The van der Waals surface area contributed by atoms with E-state index in [2.05, 4.69) is 5.32 Å². The van der Waals surface area contributed by atoms with E-state index in [1.165, 1.54) is 24.4 Å². The second kappa shape index (κ2) is 5.40. The van der Waals surface area contributed by atoms with Crippen molar-refractivity contribution in [2.75, 3.05) is 0 Å². The zero-order chi connectivity index (χ0) is 14.1. The molecule has 0 unspecified atom stereocenters. The van der Waals surface area contributed by atoms with Crippen LogP contribution in [-0.4, -0.2) is 15.9 Å². The third-order valence-corrected chi connectivity index (χ3v) is 5.18. The molecule has 1 heterocycles. The number of aromatic nitrogens is 1. The Morgan fingerprint density at radius 2 is 2.05 bits per heavy atom. The molecule has 0 saturated heterocycles. The summed E-state index contributed by atoms with van der Waals surface area (Å²) in [6, 6.07) is 7.33. The molecule has 5 heteroatoms. The first-order valence-electron chi connectivity index (χ1n) is 7.08. The summed E-state index contributed by atoms with van der Waals surface area (Å²) < 4.78 is 2.51. The van der Waals surface area contributed by atoms with Crippen molar-refractivity contribution >= 4 is 27.5 Å². The largest absolute Gasteiger partial charge is 0.352 e. The van der Waals surface area contributed by atoms with Crippen molar-refractivity contribution in [1.82, 2.24) is 9.27 Å². The highest BCUT2D eigenvalue weighted by Gasteiger charge is 2.23. The van der Waals surface area contributed by atoms with Gasteiger partial charge in [-0.25, -0.2) is 0 Å². The molecule has 1 aliphatic rings. The van der Waals surface area contributed by atoms with Gasteiger partial charge in [0.2, 0.25) is 5.91 Å². The highest BCUT2D eigenvalue weighted by molar-refractivity contribution is 7.13. The number of fused-ring (bicyclic) bond motifs is 1. The van der Waals surface area contributed by atoms with Crippen LogP contribution in [0.5, 0.6) is 0 Å². The van der Waals surface area contributed by atoms with E-state index in [9.17, 15) is 9.59 Å². The molecule has 0 radical (unpaired) electrons. The number of hydrogen-bond acceptors (Lipinski definition) is 3. The number of amides is 1. The fourth-order valence-corrected chi connectivity index (χ4v) is 3.78. The van der Waals surface area contributed by atoms with Crippen LogP contribution in [-0.2, 0) is 4.79 Å². The second-order valence-electron chi connectivity index (χ2n) is 5.38. The minimum atomic E-state index is -0.444. The predicted octanol–water partition coefficient (Wildman–Crippen LogP) is 2.68. The molecule has 1 fully saturated rings. The van der Waals surface area contributed by atoms with Gasteiger partial charge in [-0.05, 0) is 31.9 Å². The van der Waals surface area contributed by atoms with Crippen molar-refractivity contribution < 1.29 is 4.79 Å². The Morgan fingerprint density at radius 1 is 1.35 bits per heavy atom. The van der Waals surface area contributed by atoms with Gasteiger partial charge in [0.1, 0.15) is 6.04 Å². The standard InChI is InChI=1S/C15H18N2O2S/c1-10(14(18)16-11-6-2-3-7-11)17-15(19)12-8-4-5-9-13(12)20-17/h4-5,8-11H,2-3,6-7H2,1H3,(H,16,18)/t10-/m1/s1. The third-order valence-electron chi connectivity index (χ3n) is 3.95. The highest BCUT2D eigenvalue weighted by Crippen LogP contribution is 2.21. The first-order valence-corrected chi connectivity index (χ1v) is 7.85. The van der Waals surface area contributed by atoms with Crippen LogP contribution in [0, 0.1) is 0 Å². The van der Waals surface area contributed by atoms with Gasteiger partial charge < -0.3 is 5.32 Å². The van der Waals surface area contributed by atoms with Gasteiger partial charge in [0.05, 0.1) is 10.1 Å². The molecule has 3 rings (SSSR count). The number of nitrogens with zero attached hydrogens (tertiary/aromatic N) is 1. The van der Waals surface area contributed by atoms with Crippen molar-refractivity contribution in [3.8, 4) is 0 Å². The lowest BCUT2D eigenvalue weighted by Crippen LogP contribution is -2.38. The molecule has 1 saturated carbocycles. The molecule has 20 heavy (non-hydrogen) atoms. The number of carbonyl (C=O) groups is 1. The molecule has 0 aliphatic heterocycles. The van der Waals surface area contributed by atoms with Gasteiger partial charge in [0, 0.05) is 6.04 Å². The molecule has 1 aromatic carbocycles. The van der Waals surface area contributed by atoms with Crippen molar-refractivity contribution in [3.63, 3.8) is 0 Å². The average Bonchev–Trinajstić information content (AvgIpc) is 3.07. The summed E-state index contributed by atoms with van der Waals surface area (Å²) >= 11 is 1.36. The Morgan fingerprint density at radius 3 is 2.75 bits per heavy atom. The summed E-state index contributed by atoms with van der Waals surface area (Å²) in [5.41, 5.74) is -0.0697. The third kappa shape index (κ3) is 2.38. The first kappa shape index (κ1) is 13.4. The molecule has 106 valence electrons. The first-order chi connectivity index (χ1) is 9.66. The molecule has 0 bridgehead atoms. The van der Waals surface area contributed by atoms with Crippen molar-refractivity contribution in [2.45, 2.75) is 44.7 Å². The van der Waals surface area contributed by atoms with E-state index in [1.54, 1.807) is 10.9 Å². The summed E-state index contributed by atoms with van der Waals surface area (Å²) in [6.45, 7) is 1.79. The molecule has 1 aromatic heterocycles. The number of hydrogen-bond donors (Lipinski definition) is 1. The Labute approximate surface area is 121 Å². The normalized spacial score (nSPS) is 17.4. The minimum Gasteiger partial charge on any atom is -0.352 e. The summed E-state index contributed by atoms with van der Waals surface area (Å²) in [4.78, 5) is 24.6. The number of rotatable bonds is 3. The SMILES string of the molecule is C[C@H](C(=O)NC1CCCC1)n1sc2ccccc2c1=O. The van der Waals surface area contributed by atoms with E-state index in [4.69, 9.17) is 0 Å². The van der Waals surface area contributed by atoms with Gasteiger partial charge in [-0.15, -0.1) is 0 Å². The lowest BCUT2D eigenvalue weighted by Gasteiger charge is -2.16. The van der Waals surface area contributed by atoms with Crippen LogP contribution in [0.25, 0.3) is 10.1 Å². The van der Waals surface area contributed by atoms with E-state index in [0.29, 0.717) is 5.39 Å². The zero-order valence-corrected chi connectivity index (χ0v) is 12.3. The number of benzene rings is 1. The zero-order valence-electron chi connectivity index (χ0n) is 11.5. The fraction of sp³-hybridized carbons (Fsp3) is 0.467. The molecular weight excluding hydrogens is 272 g/mol. The topological polar surface area (TPSA) is 51.1 Å². The van der Waals surface area contributed by atoms with Crippen LogP contribution in [0.3, 0.4) is 0 Å². The summed E-state index contributed by atoms with van der Waals surface area (Å²) in [7, 11) is 0. The van der Waals surface area contributed by atoms with Gasteiger partial charge in [-0.3, -0.25) is 13.5 Å². The quantitative estimate of drug-likeness (QED) is 0.945. The van der Waals surface area contributed by atoms with Gasteiger partial charge in [-0.1, -0.05) is 36.5 Å². The van der Waals surface area contributed by atoms with Gasteiger partial charge in [0.25, 0.3) is 5.56 Å². The van der Waals surface area contributed by atoms with Crippen LogP contribution >= 0.6 is 11.5 Å². The van der Waals surface area contributed by atoms with Crippen LogP contribution in [0.15, 0.2) is 29.1 Å². The van der Waals surface area contributed by atoms with Gasteiger partial charge >= 0.3 is 0 Å². The fourth-order valence-electron chi connectivity index (χ4n) is 2.74. The Kier molecular flexibility index (Phi) is 3.61. The van der Waals surface area contributed by atoms with Crippen molar-refractivity contribution in [2.24, 2.45) is 0 Å². The molecule has 1 amide bonds. The van der Waals surface area contributed by atoms with Gasteiger partial charge in [0.15, 0.2) is 0 Å². The maximum atomic E-state index is 12.3. The van der Waals surface area contributed by atoms with Crippen LogP contribution in [0.4, 0.5) is 0 Å². The molecule has 1 aliphatic carbocycles. The van der Waals surface area contributed by atoms with Gasteiger partial charge in [-0.2, -0.15) is 0 Å². The summed E-state index contributed by atoms with van der Waals surface area (Å²) in [5.74, 6) is -0.0504. The summed E-state index contributed by atoms with van der Waals surface area (Å²) in [5, 5.41) is 3.75. The molecule has 1 atom stereocenters. The maximum absolute atomic E-state index is 12.3. The number of carbonyl (C=O) groups excluding carboxylic acids is 1. The van der Waals surface area contributed by atoms with E-state index in [1.807, 2.05) is 24.3 Å². The van der Waals surface area contributed by atoms with E-state index in [0.717, 1.165) is 17.5 Å². The molecular formula is C15H18N2O2S. The number of nitrogens with one attached hydrogen (secondary N) is 1. The van der Waals surface area contributed by atoms with E-state index >= 15 is 0 Å². The predicted molar refractivity (Wildman–Crippen MR) is 81.2 cm³/mol. The minimum absolute atomic E-state index is 0.0504. The van der Waals surface area contributed by atoms with E-state index in [-0.39, 0.29) is 17.5 Å².